The summed E-state index contributed by atoms with van der Waals surface area (Å²) >= 11 is 12.5. The topological polar surface area (TPSA) is 32.3 Å². The number of nitrogens with one attached hydrogen (secondary N) is 1. The van der Waals surface area contributed by atoms with Gasteiger partial charge in [-0.3, -0.25) is 4.79 Å². The number of amides is 1. The van der Waals surface area contributed by atoms with Gasteiger partial charge in [-0.15, -0.1) is 0 Å². The molecule has 5 heteroatoms. The Balaban J connectivity index is 1.80. The lowest BCUT2D eigenvalue weighted by atomic mass is 9.89. The number of carbonyl (C=O) groups excluding carboxylic acids is 1. The van der Waals surface area contributed by atoms with Crippen molar-refractivity contribution in [1.82, 2.24) is 10.2 Å². The minimum atomic E-state index is 0.0142. The van der Waals surface area contributed by atoms with Gasteiger partial charge in [-0.1, -0.05) is 23.2 Å². The highest BCUT2D eigenvalue weighted by Crippen LogP contribution is 2.37. The van der Waals surface area contributed by atoms with Crippen molar-refractivity contribution in [1.29, 1.82) is 0 Å². The molecule has 0 radical (unpaired) electrons. The Kier molecular flexibility index (Phi) is 4.67. The summed E-state index contributed by atoms with van der Waals surface area (Å²) in [4.78, 5) is 14.9. The Morgan fingerprint density at radius 2 is 2.05 bits per heavy atom. The summed E-state index contributed by atoms with van der Waals surface area (Å²) in [6.07, 6.45) is 2.85. The fraction of sp³-hybridized carbons (Fsp3) is 0.588. The second-order valence-corrected chi connectivity index (χ2v) is 7.35. The van der Waals surface area contributed by atoms with Crippen LogP contribution in [0.3, 0.4) is 0 Å². The number of benzene rings is 1. The minimum absolute atomic E-state index is 0.0142. The first kappa shape index (κ1) is 16.1. The maximum Gasteiger partial charge on any atom is 0.227 e. The van der Waals surface area contributed by atoms with Crippen LogP contribution >= 0.6 is 23.2 Å². The third-order valence-corrected chi connectivity index (χ3v) is 5.51. The molecule has 0 saturated carbocycles. The molecule has 22 heavy (non-hydrogen) atoms. The lowest BCUT2D eigenvalue weighted by molar-refractivity contribution is -0.138. The van der Waals surface area contributed by atoms with Gasteiger partial charge >= 0.3 is 0 Å². The van der Waals surface area contributed by atoms with E-state index in [1.165, 1.54) is 5.56 Å². The van der Waals surface area contributed by atoms with E-state index in [2.05, 4.69) is 19.2 Å². The van der Waals surface area contributed by atoms with Crippen LogP contribution in [0.2, 0.25) is 10.0 Å². The molecule has 120 valence electrons. The SMILES string of the molecule is CC1CCC(C(=O)N2CCc3cc(Cl)cc(Cl)c3[C@@H]2C)CN1. The first-order chi connectivity index (χ1) is 10.5. The molecule has 1 saturated heterocycles. The summed E-state index contributed by atoms with van der Waals surface area (Å²) in [5.41, 5.74) is 2.23. The van der Waals surface area contributed by atoms with Crippen molar-refractivity contribution in [2.24, 2.45) is 5.92 Å². The molecule has 3 nitrogen and oxygen atoms in total. The monoisotopic (exact) mass is 340 g/mol. The standard InChI is InChI=1S/C17H22Cl2N2O/c1-10-3-4-13(9-20-10)17(22)21-6-5-12-7-14(18)8-15(19)16(12)11(21)2/h7-8,10-11,13,20H,3-6,9H2,1-2H3/t10?,11-,13?/m0/s1. The molecule has 1 fully saturated rings. The summed E-state index contributed by atoms with van der Waals surface area (Å²) in [6, 6.07) is 4.28. The molecule has 2 aliphatic rings. The largest absolute Gasteiger partial charge is 0.335 e. The smallest absolute Gasteiger partial charge is 0.227 e. The van der Waals surface area contributed by atoms with Crippen molar-refractivity contribution in [2.75, 3.05) is 13.1 Å². The average Bonchev–Trinajstić information content (AvgIpc) is 2.47. The summed E-state index contributed by atoms with van der Waals surface area (Å²) in [5.74, 6) is 0.342. The maximum atomic E-state index is 12.9. The number of hydrogen-bond donors (Lipinski definition) is 1. The zero-order valence-corrected chi connectivity index (χ0v) is 14.5. The van der Waals surface area contributed by atoms with Crippen LogP contribution in [0, 0.1) is 5.92 Å². The van der Waals surface area contributed by atoms with Gasteiger partial charge in [0.05, 0.1) is 12.0 Å². The predicted molar refractivity (Wildman–Crippen MR) is 90.5 cm³/mol. The second kappa shape index (κ2) is 6.38. The molecule has 1 N–H and O–H groups in total. The van der Waals surface area contributed by atoms with Crippen LogP contribution in [-0.4, -0.2) is 29.9 Å². The van der Waals surface area contributed by atoms with Gasteiger partial charge < -0.3 is 10.2 Å². The Hall–Kier alpha value is -0.770. The number of halogens is 2. The zero-order valence-electron chi connectivity index (χ0n) is 13.0. The lowest BCUT2D eigenvalue weighted by Crippen LogP contribution is -2.48. The van der Waals surface area contributed by atoms with E-state index >= 15 is 0 Å². The van der Waals surface area contributed by atoms with Gasteiger partial charge in [-0.2, -0.15) is 0 Å². The highest BCUT2D eigenvalue weighted by Gasteiger charge is 2.34. The molecular formula is C17H22Cl2N2O. The van der Waals surface area contributed by atoms with E-state index in [0.29, 0.717) is 16.1 Å². The first-order valence-corrected chi connectivity index (χ1v) is 8.74. The molecule has 0 aliphatic carbocycles. The second-order valence-electron chi connectivity index (χ2n) is 6.50. The molecular weight excluding hydrogens is 319 g/mol. The number of hydrogen-bond acceptors (Lipinski definition) is 2. The fourth-order valence-electron chi connectivity index (χ4n) is 3.65. The minimum Gasteiger partial charge on any atom is -0.335 e. The van der Waals surface area contributed by atoms with Gasteiger partial charge in [0.25, 0.3) is 0 Å². The van der Waals surface area contributed by atoms with Crippen LogP contribution in [0.15, 0.2) is 12.1 Å². The van der Waals surface area contributed by atoms with Crippen molar-refractivity contribution in [2.45, 2.75) is 45.2 Å². The van der Waals surface area contributed by atoms with E-state index in [-0.39, 0.29) is 17.9 Å². The molecule has 2 aliphatic heterocycles. The van der Waals surface area contributed by atoms with E-state index in [1.807, 2.05) is 11.0 Å². The molecule has 3 atom stereocenters. The van der Waals surface area contributed by atoms with Crippen molar-refractivity contribution in [3.63, 3.8) is 0 Å². The lowest BCUT2D eigenvalue weighted by Gasteiger charge is -2.39. The molecule has 2 heterocycles. The van der Waals surface area contributed by atoms with Gasteiger partial charge in [-0.05, 0) is 56.4 Å². The van der Waals surface area contributed by atoms with Crippen molar-refractivity contribution < 1.29 is 4.79 Å². The van der Waals surface area contributed by atoms with Crippen LogP contribution in [0.1, 0.15) is 43.9 Å². The number of fused-ring (bicyclic) bond motifs is 1. The Morgan fingerprint density at radius 1 is 1.27 bits per heavy atom. The molecule has 1 aromatic carbocycles. The Labute approximate surface area is 142 Å². The molecule has 1 amide bonds. The van der Waals surface area contributed by atoms with Gasteiger partial charge in [0.2, 0.25) is 5.91 Å². The summed E-state index contributed by atoms with van der Waals surface area (Å²) in [5, 5.41) is 4.75. The van der Waals surface area contributed by atoms with Crippen LogP contribution < -0.4 is 5.32 Å². The van der Waals surface area contributed by atoms with Crippen LogP contribution in [-0.2, 0) is 11.2 Å². The molecule has 2 unspecified atom stereocenters. The third kappa shape index (κ3) is 2.99. The molecule has 3 rings (SSSR count). The molecule has 0 spiro atoms. The highest BCUT2D eigenvalue weighted by molar-refractivity contribution is 6.35. The number of piperidine rings is 1. The van der Waals surface area contributed by atoms with Crippen LogP contribution in [0.5, 0.6) is 0 Å². The Bertz CT molecular complexity index is 582. The van der Waals surface area contributed by atoms with Crippen molar-refractivity contribution in [3.8, 4) is 0 Å². The quantitative estimate of drug-likeness (QED) is 0.842. The number of nitrogens with zero attached hydrogens (tertiary/aromatic N) is 1. The zero-order chi connectivity index (χ0) is 15.9. The van der Waals surface area contributed by atoms with Gasteiger partial charge in [0.15, 0.2) is 0 Å². The summed E-state index contributed by atoms with van der Waals surface area (Å²) in [6.45, 7) is 5.76. The molecule has 0 bridgehead atoms. The number of rotatable bonds is 1. The first-order valence-electron chi connectivity index (χ1n) is 7.99. The third-order valence-electron chi connectivity index (χ3n) is 4.98. The average molecular weight is 341 g/mol. The molecule has 0 aromatic heterocycles. The van der Waals surface area contributed by atoms with Crippen molar-refractivity contribution in [3.05, 3.63) is 33.3 Å². The van der Waals surface area contributed by atoms with Gasteiger partial charge in [0.1, 0.15) is 0 Å². The van der Waals surface area contributed by atoms with E-state index < -0.39 is 0 Å². The normalized spacial score (nSPS) is 28.4. The maximum absolute atomic E-state index is 12.9. The van der Waals surface area contributed by atoms with Crippen LogP contribution in [0.25, 0.3) is 0 Å². The van der Waals surface area contributed by atoms with Gasteiger partial charge in [0, 0.05) is 29.2 Å². The molecule has 1 aromatic rings. The van der Waals surface area contributed by atoms with E-state index in [0.717, 1.165) is 37.9 Å². The summed E-state index contributed by atoms with van der Waals surface area (Å²) < 4.78 is 0. The van der Waals surface area contributed by atoms with E-state index in [1.54, 1.807) is 6.07 Å². The summed E-state index contributed by atoms with van der Waals surface area (Å²) in [7, 11) is 0. The van der Waals surface area contributed by atoms with E-state index in [9.17, 15) is 4.79 Å². The van der Waals surface area contributed by atoms with Gasteiger partial charge in [-0.25, -0.2) is 0 Å². The van der Waals surface area contributed by atoms with Crippen molar-refractivity contribution >= 4 is 29.1 Å². The predicted octanol–water partition coefficient (Wildman–Crippen LogP) is 3.83. The van der Waals surface area contributed by atoms with E-state index in [4.69, 9.17) is 23.2 Å². The van der Waals surface area contributed by atoms with Crippen LogP contribution in [0.4, 0.5) is 0 Å². The highest BCUT2D eigenvalue weighted by atomic mass is 35.5. The Morgan fingerprint density at radius 3 is 2.73 bits per heavy atom. The number of carbonyl (C=O) groups is 1. The fourth-order valence-corrected chi connectivity index (χ4v) is 4.34.